The summed E-state index contributed by atoms with van der Waals surface area (Å²) in [7, 11) is 0. The minimum Gasteiger partial charge on any atom is -0.411 e. The Labute approximate surface area is 84.2 Å². The Bertz CT molecular complexity index is 351. The lowest BCUT2D eigenvalue weighted by Crippen LogP contribution is -2.28. The molecule has 0 saturated carbocycles. The summed E-state index contributed by atoms with van der Waals surface area (Å²) < 4.78 is 0. The molecule has 0 radical (unpaired) electrons. The highest BCUT2D eigenvalue weighted by Crippen LogP contribution is 2.18. The number of rotatable bonds is 2. The van der Waals surface area contributed by atoms with Crippen LogP contribution in [0.1, 0.15) is 31.9 Å². The summed E-state index contributed by atoms with van der Waals surface area (Å²) >= 11 is 0. The van der Waals surface area contributed by atoms with E-state index in [0.717, 1.165) is 11.1 Å². The summed E-state index contributed by atoms with van der Waals surface area (Å²) in [6.07, 6.45) is 0. The van der Waals surface area contributed by atoms with E-state index in [-0.39, 0.29) is 5.54 Å². The minimum atomic E-state index is -0.369. The van der Waals surface area contributed by atoms with E-state index in [1.807, 2.05) is 38.1 Å². The molecule has 3 heteroatoms. The van der Waals surface area contributed by atoms with Gasteiger partial charge in [0.15, 0.2) is 0 Å². The highest BCUT2D eigenvalue weighted by atomic mass is 16.4. The van der Waals surface area contributed by atoms with Gasteiger partial charge in [-0.25, -0.2) is 0 Å². The highest BCUT2D eigenvalue weighted by molar-refractivity contribution is 5.98. The maximum Gasteiger partial charge on any atom is 0.0837 e. The standard InChI is InChI=1S/C11H16N2O/c1-8(13-14)9-5-4-6-10(7-9)11(2,3)12/h4-7,14H,12H2,1-3H3/b13-8+. The molecule has 0 aromatic heterocycles. The quantitative estimate of drug-likeness (QED) is 0.428. The van der Waals surface area contributed by atoms with Crippen LogP contribution in [-0.2, 0) is 5.54 Å². The normalized spacial score (nSPS) is 13.0. The predicted octanol–water partition coefficient (Wildman–Crippen LogP) is 2.08. The van der Waals surface area contributed by atoms with Crippen LogP contribution >= 0.6 is 0 Å². The molecule has 0 aliphatic rings. The Balaban J connectivity index is 3.14. The lowest BCUT2D eigenvalue weighted by Gasteiger charge is -2.19. The number of benzene rings is 1. The molecule has 0 unspecified atom stereocenters. The van der Waals surface area contributed by atoms with Crippen LogP contribution in [0.15, 0.2) is 29.4 Å². The van der Waals surface area contributed by atoms with Crippen molar-refractivity contribution in [3.8, 4) is 0 Å². The number of nitrogens with two attached hydrogens (primary N) is 1. The first-order valence-corrected chi connectivity index (χ1v) is 4.53. The first-order valence-electron chi connectivity index (χ1n) is 4.53. The molecule has 0 aliphatic heterocycles. The largest absolute Gasteiger partial charge is 0.411 e. The first kappa shape index (κ1) is 10.7. The van der Waals surface area contributed by atoms with Gasteiger partial charge in [-0.3, -0.25) is 0 Å². The lowest BCUT2D eigenvalue weighted by molar-refractivity contribution is 0.319. The van der Waals surface area contributed by atoms with Gasteiger partial charge >= 0.3 is 0 Å². The SMILES string of the molecule is C/C(=N\O)c1cccc(C(C)(C)N)c1. The highest BCUT2D eigenvalue weighted by Gasteiger charge is 2.14. The van der Waals surface area contributed by atoms with Gasteiger partial charge in [0.25, 0.3) is 0 Å². The molecule has 1 aromatic carbocycles. The van der Waals surface area contributed by atoms with E-state index in [4.69, 9.17) is 10.9 Å². The fraction of sp³-hybridized carbons (Fsp3) is 0.364. The van der Waals surface area contributed by atoms with Gasteiger partial charge in [-0.2, -0.15) is 0 Å². The van der Waals surface area contributed by atoms with E-state index in [2.05, 4.69) is 5.16 Å². The number of nitrogens with zero attached hydrogens (tertiary/aromatic N) is 1. The van der Waals surface area contributed by atoms with Gasteiger partial charge < -0.3 is 10.9 Å². The van der Waals surface area contributed by atoms with E-state index in [9.17, 15) is 0 Å². The van der Waals surface area contributed by atoms with Crippen LogP contribution in [0.4, 0.5) is 0 Å². The van der Waals surface area contributed by atoms with Crippen molar-refractivity contribution >= 4 is 5.71 Å². The smallest absolute Gasteiger partial charge is 0.0837 e. The van der Waals surface area contributed by atoms with E-state index in [1.165, 1.54) is 0 Å². The average molecular weight is 192 g/mol. The van der Waals surface area contributed by atoms with Gasteiger partial charge in [0.1, 0.15) is 0 Å². The molecular weight excluding hydrogens is 176 g/mol. The van der Waals surface area contributed by atoms with E-state index >= 15 is 0 Å². The van der Waals surface area contributed by atoms with E-state index in [1.54, 1.807) is 6.92 Å². The molecule has 1 aromatic rings. The Hall–Kier alpha value is -1.35. The Morgan fingerprint density at radius 2 is 2.07 bits per heavy atom. The van der Waals surface area contributed by atoms with Crippen LogP contribution in [0.25, 0.3) is 0 Å². The number of oxime groups is 1. The molecule has 0 amide bonds. The molecular formula is C11H16N2O. The van der Waals surface area contributed by atoms with Gasteiger partial charge in [0.2, 0.25) is 0 Å². The molecule has 0 saturated heterocycles. The Morgan fingerprint density at radius 1 is 1.43 bits per heavy atom. The van der Waals surface area contributed by atoms with Crippen LogP contribution in [0, 0.1) is 0 Å². The third-order valence-electron chi connectivity index (χ3n) is 2.17. The van der Waals surface area contributed by atoms with Gasteiger partial charge in [0, 0.05) is 5.54 Å². The second-order valence-corrected chi connectivity index (χ2v) is 3.99. The van der Waals surface area contributed by atoms with Crippen molar-refractivity contribution in [1.82, 2.24) is 0 Å². The molecule has 1 rings (SSSR count). The fourth-order valence-corrected chi connectivity index (χ4v) is 1.20. The van der Waals surface area contributed by atoms with Crippen LogP contribution in [0.5, 0.6) is 0 Å². The van der Waals surface area contributed by atoms with Crippen LogP contribution < -0.4 is 5.73 Å². The molecule has 3 nitrogen and oxygen atoms in total. The zero-order valence-corrected chi connectivity index (χ0v) is 8.78. The topological polar surface area (TPSA) is 58.6 Å². The van der Waals surface area contributed by atoms with Crippen molar-refractivity contribution in [2.24, 2.45) is 10.9 Å². The van der Waals surface area contributed by atoms with Crippen molar-refractivity contribution in [2.75, 3.05) is 0 Å². The second-order valence-electron chi connectivity index (χ2n) is 3.99. The van der Waals surface area contributed by atoms with E-state index < -0.39 is 0 Å². The van der Waals surface area contributed by atoms with Gasteiger partial charge in [0.05, 0.1) is 5.71 Å². The molecule has 14 heavy (non-hydrogen) atoms. The van der Waals surface area contributed by atoms with Crippen molar-refractivity contribution < 1.29 is 5.21 Å². The monoisotopic (exact) mass is 192 g/mol. The summed E-state index contributed by atoms with van der Waals surface area (Å²) in [6, 6.07) is 7.71. The molecule has 0 fully saturated rings. The fourth-order valence-electron chi connectivity index (χ4n) is 1.20. The van der Waals surface area contributed by atoms with Crippen LogP contribution in [0.2, 0.25) is 0 Å². The molecule has 76 valence electrons. The minimum absolute atomic E-state index is 0.369. The second kappa shape index (κ2) is 3.80. The number of hydrogen-bond donors (Lipinski definition) is 2. The Kier molecular flexibility index (Phi) is 2.91. The molecule has 0 bridgehead atoms. The Morgan fingerprint density at radius 3 is 2.57 bits per heavy atom. The summed E-state index contributed by atoms with van der Waals surface area (Å²) in [4.78, 5) is 0. The molecule has 0 aliphatic carbocycles. The van der Waals surface area contributed by atoms with Crippen molar-refractivity contribution in [3.05, 3.63) is 35.4 Å². The molecule has 0 heterocycles. The zero-order valence-electron chi connectivity index (χ0n) is 8.78. The molecule has 0 spiro atoms. The van der Waals surface area contributed by atoms with Gasteiger partial charge in [-0.15, -0.1) is 0 Å². The van der Waals surface area contributed by atoms with Crippen molar-refractivity contribution in [3.63, 3.8) is 0 Å². The molecule has 0 atom stereocenters. The van der Waals surface area contributed by atoms with Crippen molar-refractivity contribution in [2.45, 2.75) is 26.3 Å². The first-order chi connectivity index (χ1) is 6.45. The summed E-state index contributed by atoms with van der Waals surface area (Å²) in [5.41, 5.74) is 8.11. The average Bonchev–Trinajstić information content (AvgIpc) is 2.15. The predicted molar refractivity (Wildman–Crippen MR) is 57.7 cm³/mol. The van der Waals surface area contributed by atoms with Gasteiger partial charge in [-0.05, 0) is 38.0 Å². The lowest BCUT2D eigenvalue weighted by atomic mass is 9.93. The van der Waals surface area contributed by atoms with Crippen LogP contribution in [0.3, 0.4) is 0 Å². The maximum atomic E-state index is 8.64. The maximum absolute atomic E-state index is 8.64. The van der Waals surface area contributed by atoms with Crippen LogP contribution in [-0.4, -0.2) is 10.9 Å². The zero-order chi connectivity index (χ0) is 10.8. The number of hydrogen-bond acceptors (Lipinski definition) is 3. The third kappa shape index (κ3) is 2.33. The third-order valence-corrected chi connectivity index (χ3v) is 2.17. The summed E-state index contributed by atoms with van der Waals surface area (Å²) in [6.45, 7) is 5.64. The summed E-state index contributed by atoms with van der Waals surface area (Å²) in [5, 5.41) is 11.8. The van der Waals surface area contributed by atoms with Crippen molar-refractivity contribution in [1.29, 1.82) is 0 Å². The molecule has 3 N–H and O–H groups in total. The summed E-state index contributed by atoms with van der Waals surface area (Å²) in [5.74, 6) is 0. The van der Waals surface area contributed by atoms with Gasteiger partial charge in [-0.1, -0.05) is 23.4 Å². The van der Waals surface area contributed by atoms with E-state index in [0.29, 0.717) is 5.71 Å².